The Balaban J connectivity index is 2.41. The maximum Gasteiger partial charge on any atom is 0.407 e. The van der Waals surface area contributed by atoms with Crippen LogP contribution in [0, 0.1) is 5.82 Å². The third-order valence-corrected chi connectivity index (χ3v) is 2.35. The summed E-state index contributed by atoms with van der Waals surface area (Å²) in [5.41, 5.74) is 0. The van der Waals surface area contributed by atoms with Crippen LogP contribution in [0.2, 0.25) is 0 Å². The van der Waals surface area contributed by atoms with Crippen molar-refractivity contribution < 1.29 is 28.6 Å². The van der Waals surface area contributed by atoms with Gasteiger partial charge < -0.3 is 19.9 Å². The first kappa shape index (κ1) is 15.7. The summed E-state index contributed by atoms with van der Waals surface area (Å²) in [5.74, 6) is -1.14. The maximum atomic E-state index is 12.7. The number of carbonyl (C=O) groups excluding carboxylic acids is 1. The van der Waals surface area contributed by atoms with Crippen LogP contribution in [0.4, 0.5) is 9.18 Å². The second kappa shape index (κ2) is 7.98. The Labute approximate surface area is 115 Å². The summed E-state index contributed by atoms with van der Waals surface area (Å²) < 4.78 is 22.5. The smallest absolute Gasteiger partial charge is 0.407 e. The van der Waals surface area contributed by atoms with Crippen molar-refractivity contribution in [2.45, 2.75) is 19.4 Å². The van der Waals surface area contributed by atoms with E-state index in [1.54, 1.807) is 6.92 Å². The minimum Gasteiger partial charge on any atom is -0.493 e. The first-order valence-electron chi connectivity index (χ1n) is 6.07. The van der Waals surface area contributed by atoms with E-state index in [-0.39, 0.29) is 25.5 Å². The molecule has 1 aromatic carbocycles. The van der Waals surface area contributed by atoms with Gasteiger partial charge in [-0.3, -0.25) is 0 Å². The molecular weight excluding hydrogens is 269 g/mol. The van der Waals surface area contributed by atoms with Crippen LogP contribution in [0.1, 0.15) is 13.3 Å². The molecule has 0 aromatic heterocycles. The number of carboxylic acids is 1. The fourth-order valence-corrected chi connectivity index (χ4v) is 1.40. The Kier molecular flexibility index (Phi) is 6.28. The maximum absolute atomic E-state index is 12.7. The minimum absolute atomic E-state index is 0.0610. The van der Waals surface area contributed by atoms with Crippen molar-refractivity contribution in [2.75, 3.05) is 13.2 Å². The molecule has 2 N–H and O–H groups in total. The molecule has 7 heteroatoms. The van der Waals surface area contributed by atoms with E-state index < -0.39 is 18.1 Å². The summed E-state index contributed by atoms with van der Waals surface area (Å²) in [4.78, 5) is 22.1. The van der Waals surface area contributed by atoms with Crippen LogP contribution < -0.4 is 10.1 Å². The highest BCUT2D eigenvalue weighted by molar-refractivity contribution is 5.79. The molecule has 1 amide bonds. The Morgan fingerprint density at radius 1 is 1.35 bits per heavy atom. The third-order valence-electron chi connectivity index (χ3n) is 2.35. The molecular formula is C13H16FNO5. The fourth-order valence-electron chi connectivity index (χ4n) is 1.40. The number of rotatable bonds is 7. The van der Waals surface area contributed by atoms with Gasteiger partial charge in [-0.25, -0.2) is 14.0 Å². The van der Waals surface area contributed by atoms with Crippen molar-refractivity contribution in [3.8, 4) is 5.75 Å². The molecule has 0 radical (unpaired) electrons. The number of carboxylic acid groups (broad SMARTS) is 1. The molecule has 0 unspecified atom stereocenters. The fraction of sp³-hybridized carbons (Fsp3) is 0.385. The van der Waals surface area contributed by atoms with Crippen LogP contribution in [0.15, 0.2) is 24.3 Å². The van der Waals surface area contributed by atoms with Crippen LogP contribution >= 0.6 is 0 Å². The van der Waals surface area contributed by atoms with E-state index in [1.807, 2.05) is 0 Å². The van der Waals surface area contributed by atoms with E-state index in [9.17, 15) is 14.0 Å². The summed E-state index contributed by atoms with van der Waals surface area (Å²) in [6, 6.07) is 4.24. The number of hydrogen-bond donors (Lipinski definition) is 2. The molecule has 0 saturated heterocycles. The molecule has 0 aliphatic heterocycles. The predicted molar refractivity (Wildman–Crippen MR) is 68.1 cm³/mol. The number of ether oxygens (including phenoxy) is 2. The summed E-state index contributed by atoms with van der Waals surface area (Å²) in [5, 5.41) is 11.2. The highest BCUT2D eigenvalue weighted by atomic mass is 19.1. The molecule has 1 rings (SSSR count). The zero-order valence-corrected chi connectivity index (χ0v) is 11.0. The molecule has 110 valence electrons. The Bertz CT molecular complexity index is 449. The number of halogens is 1. The molecule has 0 fully saturated rings. The molecule has 0 saturated carbocycles. The van der Waals surface area contributed by atoms with Gasteiger partial charge in [-0.15, -0.1) is 0 Å². The van der Waals surface area contributed by atoms with E-state index in [0.717, 1.165) is 0 Å². The number of benzene rings is 1. The minimum atomic E-state index is -1.18. The largest absolute Gasteiger partial charge is 0.493 e. The van der Waals surface area contributed by atoms with Crippen molar-refractivity contribution in [1.82, 2.24) is 5.32 Å². The quantitative estimate of drug-likeness (QED) is 0.798. The van der Waals surface area contributed by atoms with Crippen molar-refractivity contribution >= 4 is 12.1 Å². The molecule has 1 aromatic rings. The van der Waals surface area contributed by atoms with Crippen LogP contribution in [-0.2, 0) is 9.53 Å². The van der Waals surface area contributed by atoms with Crippen LogP contribution in [0.3, 0.4) is 0 Å². The van der Waals surface area contributed by atoms with Gasteiger partial charge in [0.2, 0.25) is 0 Å². The summed E-state index contributed by atoms with van der Waals surface area (Å²) in [6.07, 6.45) is -0.729. The first-order valence-corrected chi connectivity index (χ1v) is 6.07. The van der Waals surface area contributed by atoms with Crippen LogP contribution in [-0.4, -0.2) is 36.4 Å². The van der Waals surface area contributed by atoms with Gasteiger partial charge in [0.05, 0.1) is 13.2 Å². The Morgan fingerprint density at radius 2 is 2.00 bits per heavy atom. The molecule has 1 atom stereocenters. The monoisotopic (exact) mass is 285 g/mol. The van der Waals surface area contributed by atoms with Gasteiger partial charge in [-0.05, 0) is 31.2 Å². The molecule has 0 bridgehead atoms. The zero-order valence-electron chi connectivity index (χ0n) is 11.0. The van der Waals surface area contributed by atoms with E-state index in [0.29, 0.717) is 5.75 Å². The summed E-state index contributed by atoms with van der Waals surface area (Å²) >= 11 is 0. The third kappa shape index (κ3) is 5.55. The SMILES string of the molecule is CCOC(=O)N[C@@H](CCOc1ccc(F)cc1)C(=O)O. The van der Waals surface area contributed by atoms with Gasteiger partial charge in [0.1, 0.15) is 17.6 Å². The lowest BCUT2D eigenvalue weighted by Crippen LogP contribution is -2.42. The average molecular weight is 285 g/mol. The Hall–Kier alpha value is -2.31. The van der Waals surface area contributed by atoms with Crippen LogP contribution in [0.5, 0.6) is 5.75 Å². The molecule has 0 heterocycles. The number of aliphatic carboxylic acids is 1. The normalized spacial score (nSPS) is 11.5. The molecule has 0 spiro atoms. The lowest BCUT2D eigenvalue weighted by molar-refractivity contribution is -0.139. The van der Waals surface area contributed by atoms with Gasteiger partial charge >= 0.3 is 12.1 Å². The number of alkyl carbamates (subject to hydrolysis) is 1. The predicted octanol–water partition coefficient (Wildman–Crippen LogP) is 1.79. The second-order valence-corrected chi connectivity index (χ2v) is 3.85. The summed E-state index contributed by atoms with van der Waals surface area (Å²) in [7, 11) is 0. The molecule has 20 heavy (non-hydrogen) atoms. The summed E-state index contributed by atoms with van der Waals surface area (Å²) in [6.45, 7) is 1.84. The number of nitrogens with one attached hydrogen (secondary N) is 1. The van der Waals surface area contributed by atoms with Crippen LogP contribution in [0.25, 0.3) is 0 Å². The van der Waals surface area contributed by atoms with E-state index in [1.165, 1.54) is 24.3 Å². The standard InChI is InChI=1S/C13H16FNO5/c1-2-19-13(18)15-11(12(16)17)7-8-20-10-5-3-9(14)4-6-10/h3-6,11H,2,7-8H2,1H3,(H,15,18)(H,16,17)/t11-/m0/s1. The van der Waals surface area contributed by atoms with Crippen molar-refractivity contribution in [1.29, 1.82) is 0 Å². The Morgan fingerprint density at radius 3 is 2.55 bits per heavy atom. The van der Waals surface area contributed by atoms with Gasteiger partial charge in [0.25, 0.3) is 0 Å². The zero-order chi connectivity index (χ0) is 15.0. The molecule has 0 aliphatic carbocycles. The molecule has 6 nitrogen and oxygen atoms in total. The van der Waals surface area contributed by atoms with Gasteiger partial charge in [-0.1, -0.05) is 0 Å². The molecule has 0 aliphatic rings. The highest BCUT2D eigenvalue weighted by Crippen LogP contribution is 2.11. The van der Waals surface area contributed by atoms with Crippen molar-refractivity contribution in [3.63, 3.8) is 0 Å². The van der Waals surface area contributed by atoms with Gasteiger partial charge in [0, 0.05) is 6.42 Å². The first-order chi connectivity index (χ1) is 9.52. The van der Waals surface area contributed by atoms with Gasteiger partial charge in [0.15, 0.2) is 0 Å². The van der Waals surface area contributed by atoms with Gasteiger partial charge in [-0.2, -0.15) is 0 Å². The topological polar surface area (TPSA) is 84.9 Å². The van der Waals surface area contributed by atoms with Crippen molar-refractivity contribution in [2.24, 2.45) is 0 Å². The highest BCUT2D eigenvalue weighted by Gasteiger charge is 2.20. The lowest BCUT2D eigenvalue weighted by atomic mass is 10.2. The van der Waals surface area contributed by atoms with Crippen molar-refractivity contribution in [3.05, 3.63) is 30.1 Å². The van der Waals surface area contributed by atoms with E-state index in [2.05, 4.69) is 10.1 Å². The second-order valence-electron chi connectivity index (χ2n) is 3.85. The van der Waals surface area contributed by atoms with E-state index in [4.69, 9.17) is 9.84 Å². The number of hydrogen-bond acceptors (Lipinski definition) is 4. The number of amides is 1. The lowest BCUT2D eigenvalue weighted by Gasteiger charge is -2.14. The number of carbonyl (C=O) groups is 2. The average Bonchev–Trinajstić information content (AvgIpc) is 2.40. The van der Waals surface area contributed by atoms with E-state index >= 15 is 0 Å².